The zero-order valence-electron chi connectivity index (χ0n) is 14.3. The molecule has 0 saturated carbocycles. The molecular weight excluding hydrogens is 306 g/mol. The lowest BCUT2D eigenvalue weighted by Crippen LogP contribution is -2.28. The second kappa shape index (κ2) is 7.28. The van der Waals surface area contributed by atoms with E-state index in [1.807, 2.05) is 24.3 Å². The number of methoxy groups -OCH3 is 1. The Morgan fingerprint density at radius 2 is 2.04 bits per heavy atom. The van der Waals surface area contributed by atoms with Crippen LogP contribution in [0.1, 0.15) is 54.2 Å². The van der Waals surface area contributed by atoms with E-state index in [1.54, 1.807) is 0 Å². The van der Waals surface area contributed by atoms with Gasteiger partial charge in [-0.25, -0.2) is 0 Å². The molecule has 2 aromatic rings. The number of aromatic nitrogens is 1. The summed E-state index contributed by atoms with van der Waals surface area (Å²) in [4.78, 5) is 12.2. The minimum atomic E-state index is -0.755. The van der Waals surface area contributed by atoms with Crippen LogP contribution in [0.2, 0.25) is 0 Å². The van der Waals surface area contributed by atoms with Gasteiger partial charge in [-0.1, -0.05) is 50.2 Å². The van der Waals surface area contributed by atoms with E-state index in [0.717, 1.165) is 11.1 Å². The highest BCUT2D eigenvalue weighted by atomic mass is 16.5. The molecule has 1 aromatic carbocycles. The summed E-state index contributed by atoms with van der Waals surface area (Å²) in [6, 6.07) is 10.5. The molecule has 1 aromatic heterocycles. The molecule has 126 valence electrons. The van der Waals surface area contributed by atoms with Crippen LogP contribution in [0.25, 0.3) is 0 Å². The zero-order valence-corrected chi connectivity index (χ0v) is 14.3. The zero-order chi connectivity index (χ0) is 17.7. The maximum atomic E-state index is 12.2. The summed E-state index contributed by atoms with van der Waals surface area (Å²) in [6.07, 6.45) is 0. The summed E-state index contributed by atoms with van der Waals surface area (Å²) >= 11 is 0. The van der Waals surface area contributed by atoms with Crippen LogP contribution in [0.3, 0.4) is 0 Å². The topological polar surface area (TPSA) is 88.1 Å². The largest absolute Gasteiger partial charge is 0.377 e. The number of carbonyl (C=O) groups excluding carboxylic acids is 1. The monoisotopic (exact) mass is 327 g/mol. The van der Waals surface area contributed by atoms with Crippen molar-refractivity contribution in [2.24, 2.45) is 0 Å². The van der Waals surface area contributed by atoms with Crippen molar-refractivity contribution in [1.82, 2.24) is 10.5 Å². The fourth-order valence-corrected chi connectivity index (χ4v) is 2.20. The number of nitrogens with zero attached hydrogens (tertiary/aromatic N) is 2. The van der Waals surface area contributed by atoms with Crippen LogP contribution >= 0.6 is 0 Å². The van der Waals surface area contributed by atoms with E-state index in [-0.39, 0.29) is 17.7 Å². The van der Waals surface area contributed by atoms with Crippen LogP contribution in [0.15, 0.2) is 34.9 Å². The fourth-order valence-electron chi connectivity index (χ4n) is 2.20. The predicted molar refractivity (Wildman–Crippen MR) is 88.2 cm³/mol. The minimum absolute atomic E-state index is 0.0301. The molecule has 1 amide bonds. The van der Waals surface area contributed by atoms with Crippen LogP contribution in [0.4, 0.5) is 0 Å². The van der Waals surface area contributed by atoms with Crippen molar-refractivity contribution in [3.8, 4) is 6.07 Å². The number of nitriles is 1. The second-order valence-electron chi connectivity index (χ2n) is 6.52. The number of hydrogen-bond donors (Lipinski definition) is 1. The lowest BCUT2D eigenvalue weighted by molar-refractivity contribution is 0.0935. The third-order valence-electron chi connectivity index (χ3n) is 3.59. The molecule has 0 aliphatic rings. The lowest BCUT2D eigenvalue weighted by Gasteiger charge is -2.20. The standard InChI is InChI=1S/C18H21N3O3/c1-18(2,3)13-7-5-12(6-8-13)16(10-19)20-17(22)15-9-14(11-23-4)24-21-15/h5-9,16H,11H2,1-4H3,(H,20,22). The van der Waals surface area contributed by atoms with Crippen molar-refractivity contribution in [3.05, 3.63) is 52.9 Å². The first-order valence-corrected chi connectivity index (χ1v) is 7.60. The van der Waals surface area contributed by atoms with Crippen molar-refractivity contribution in [2.45, 2.75) is 38.8 Å². The van der Waals surface area contributed by atoms with Gasteiger partial charge in [0.25, 0.3) is 5.91 Å². The highest BCUT2D eigenvalue weighted by molar-refractivity contribution is 5.92. The molecule has 1 atom stereocenters. The second-order valence-corrected chi connectivity index (χ2v) is 6.52. The van der Waals surface area contributed by atoms with E-state index < -0.39 is 11.9 Å². The summed E-state index contributed by atoms with van der Waals surface area (Å²) in [5, 5.41) is 15.7. The Hall–Kier alpha value is -2.65. The quantitative estimate of drug-likeness (QED) is 0.911. The summed E-state index contributed by atoms with van der Waals surface area (Å²) in [5.74, 6) is -0.0155. The molecule has 1 N–H and O–H groups in total. The molecule has 6 heteroatoms. The third kappa shape index (κ3) is 4.21. The average molecular weight is 327 g/mol. The molecule has 24 heavy (non-hydrogen) atoms. The Kier molecular flexibility index (Phi) is 5.37. The van der Waals surface area contributed by atoms with Crippen LogP contribution in [-0.4, -0.2) is 18.2 Å². The maximum Gasteiger partial charge on any atom is 0.274 e. The van der Waals surface area contributed by atoms with Crippen molar-refractivity contribution >= 4 is 5.91 Å². The van der Waals surface area contributed by atoms with Crippen LogP contribution in [-0.2, 0) is 16.8 Å². The minimum Gasteiger partial charge on any atom is -0.377 e. The fraction of sp³-hybridized carbons (Fsp3) is 0.389. The van der Waals surface area contributed by atoms with E-state index in [1.165, 1.54) is 13.2 Å². The van der Waals surface area contributed by atoms with Crippen molar-refractivity contribution in [1.29, 1.82) is 5.26 Å². The van der Waals surface area contributed by atoms with E-state index >= 15 is 0 Å². The number of rotatable bonds is 5. The summed E-state index contributed by atoms with van der Waals surface area (Å²) in [6.45, 7) is 6.59. The Morgan fingerprint density at radius 3 is 2.58 bits per heavy atom. The Bertz CT molecular complexity index is 736. The van der Waals surface area contributed by atoms with Gasteiger partial charge in [-0.2, -0.15) is 5.26 Å². The number of amides is 1. The molecule has 1 heterocycles. The predicted octanol–water partition coefficient (Wildman–Crippen LogP) is 3.11. The first-order valence-electron chi connectivity index (χ1n) is 7.60. The van der Waals surface area contributed by atoms with Gasteiger partial charge in [-0.05, 0) is 16.5 Å². The van der Waals surface area contributed by atoms with E-state index in [9.17, 15) is 10.1 Å². The Balaban J connectivity index is 2.11. The summed E-state index contributed by atoms with van der Waals surface area (Å²) < 4.78 is 9.89. The van der Waals surface area contributed by atoms with Gasteiger partial charge in [0.05, 0.1) is 6.07 Å². The molecule has 0 radical (unpaired) electrons. The number of benzene rings is 1. The molecule has 0 fully saturated rings. The molecule has 0 bridgehead atoms. The highest BCUT2D eigenvalue weighted by Crippen LogP contribution is 2.24. The number of ether oxygens (including phenoxy) is 1. The van der Waals surface area contributed by atoms with Crippen molar-refractivity contribution < 1.29 is 14.1 Å². The Morgan fingerprint density at radius 1 is 1.38 bits per heavy atom. The van der Waals surface area contributed by atoms with Crippen molar-refractivity contribution in [3.63, 3.8) is 0 Å². The van der Waals surface area contributed by atoms with Gasteiger partial charge in [-0.15, -0.1) is 0 Å². The molecule has 1 unspecified atom stereocenters. The van der Waals surface area contributed by atoms with Gasteiger partial charge in [-0.3, -0.25) is 4.79 Å². The number of nitrogens with one attached hydrogen (secondary N) is 1. The van der Waals surface area contributed by atoms with E-state index in [0.29, 0.717) is 5.76 Å². The Labute approximate surface area is 141 Å². The first kappa shape index (κ1) is 17.7. The average Bonchev–Trinajstić information content (AvgIpc) is 3.01. The number of hydrogen-bond acceptors (Lipinski definition) is 5. The van der Waals surface area contributed by atoms with E-state index in [4.69, 9.17) is 9.26 Å². The van der Waals surface area contributed by atoms with Gasteiger partial charge in [0.1, 0.15) is 12.6 Å². The van der Waals surface area contributed by atoms with Crippen LogP contribution < -0.4 is 5.32 Å². The normalized spacial score (nSPS) is 12.5. The van der Waals surface area contributed by atoms with Gasteiger partial charge in [0.2, 0.25) is 0 Å². The molecule has 2 rings (SSSR count). The molecule has 0 spiro atoms. The van der Waals surface area contributed by atoms with E-state index in [2.05, 4.69) is 37.3 Å². The van der Waals surface area contributed by atoms with Crippen LogP contribution in [0.5, 0.6) is 0 Å². The lowest BCUT2D eigenvalue weighted by atomic mass is 9.86. The smallest absolute Gasteiger partial charge is 0.274 e. The molecule has 0 aliphatic carbocycles. The third-order valence-corrected chi connectivity index (χ3v) is 3.59. The summed E-state index contributed by atoms with van der Waals surface area (Å²) in [7, 11) is 1.52. The van der Waals surface area contributed by atoms with Gasteiger partial charge < -0.3 is 14.6 Å². The highest BCUT2D eigenvalue weighted by Gasteiger charge is 2.19. The first-order chi connectivity index (χ1) is 11.3. The molecular formula is C18H21N3O3. The van der Waals surface area contributed by atoms with Crippen LogP contribution in [0, 0.1) is 11.3 Å². The summed E-state index contributed by atoms with van der Waals surface area (Å²) in [5.41, 5.74) is 2.03. The molecule has 0 aliphatic heterocycles. The van der Waals surface area contributed by atoms with Gasteiger partial charge in [0.15, 0.2) is 11.5 Å². The molecule has 6 nitrogen and oxygen atoms in total. The number of carbonyl (C=O) groups is 1. The maximum absolute atomic E-state index is 12.2. The van der Waals surface area contributed by atoms with Gasteiger partial charge >= 0.3 is 0 Å². The SMILES string of the molecule is COCc1cc(C(=O)NC(C#N)c2ccc(C(C)(C)C)cc2)no1. The van der Waals surface area contributed by atoms with Crippen molar-refractivity contribution in [2.75, 3.05) is 7.11 Å². The molecule has 0 saturated heterocycles. The van der Waals surface area contributed by atoms with Gasteiger partial charge in [0, 0.05) is 13.2 Å².